The summed E-state index contributed by atoms with van der Waals surface area (Å²) in [4.78, 5) is 11.4. The van der Waals surface area contributed by atoms with Gasteiger partial charge < -0.3 is 16.2 Å². The predicted octanol–water partition coefficient (Wildman–Crippen LogP) is 0.983. The number of carbonyl (C=O) groups is 1. The fourth-order valence-corrected chi connectivity index (χ4v) is 1.62. The van der Waals surface area contributed by atoms with E-state index in [1.54, 1.807) is 5.38 Å². The maximum Gasteiger partial charge on any atom is 0.416 e. The highest BCUT2D eigenvalue weighted by atomic mass is 32.1. The zero-order valence-electron chi connectivity index (χ0n) is 7.91. The van der Waals surface area contributed by atoms with Crippen molar-refractivity contribution >= 4 is 22.9 Å². The molecule has 1 aromatic rings. The molecule has 0 fully saturated rings. The molecule has 1 heterocycles. The summed E-state index contributed by atoms with van der Waals surface area (Å²) < 4.78 is 35.7. The molecule has 0 saturated carbocycles. The molecule has 0 saturated heterocycles. The van der Waals surface area contributed by atoms with Crippen molar-refractivity contribution in [2.45, 2.75) is 12.3 Å². The number of carbonyl (C=O) groups excluding carboxylic acids is 1. The molecule has 0 aliphatic rings. The standard InChI is InChI=1S/C8H9F3N2O2S/c9-8(10,11)5(14)3-13-7(15)6-4(12)1-2-16-6/h1-2,5,14H,3,12H2,(H,13,15). The number of thiophene rings is 1. The number of nitrogen functional groups attached to an aromatic ring is 1. The summed E-state index contributed by atoms with van der Waals surface area (Å²) in [5, 5.41) is 12.1. The van der Waals surface area contributed by atoms with Crippen molar-refractivity contribution < 1.29 is 23.1 Å². The molecule has 0 aliphatic carbocycles. The molecule has 4 nitrogen and oxygen atoms in total. The molecule has 1 amide bonds. The van der Waals surface area contributed by atoms with Crippen molar-refractivity contribution in [3.8, 4) is 0 Å². The van der Waals surface area contributed by atoms with Crippen LogP contribution < -0.4 is 11.1 Å². The fraction of sp³-hybridized carbons (Fsp3) is 0.375. The van der Waals surface area contributed by atoms with Crippen LogP contribution in [-0.2, 0) is 0 Å². The summed E-state index contributed by atoms with van der Waals surface area (Å²) in [6, 6.07) is 1.47. The van der Waals surface area contributed by atoms with Gasteiger partial charge in [0.1, 0.15) is 4.88 Å². The Kier molecular flexibility index (Phi) is 3.76. The smallest absolute Gasteiger partial charge is 0.397 e. The zero-order valence-corrected chi connectivity index (χ0v) is 8.73. The lowest BCUT2D eigenvalue weighted by Crippen LogP contribution is -2.40. The Balaban J connectivity index is 2.52. The third kappa shape index (κ3) is 3.11. The Labute approximate surface area is 92.9 Å². The van der Waals surface area contributed by atoms with E-state index in [-0.39, 0.29) is 10.6 Å². The lowest BCUT2D eigenvalue weighted by atomic mass is 10.3. The van der Waals surface area contributed by atoms with Gasteiger partial charge in [-0.05, 0) is 11.4 Å². The number of aliphatic hydroxyl groups excluding tert-OH is 1. The van der Waals surface area contributed by atoms with Crippen molar-refractivity contribution in [3.63, 3.8) is 0 Å². The number of nitrogens with one attached hydrogen (secondary N) is 1. The summed E-state index contributed by atoms with van der Waals surface area (Å²) in [6.45, 7) is -0.889. The number of hydrogen-bond acceptors (Lipinski definition) is 4. The van der Waals surface area contributed by atoms with Gasteiger partial charge in [-0.15, -0.1) is 11.3 Å². The van der Waals surface area contributed by atoms with Crippen LogP contribution in [-0.4, -0.2) is 29.8 Å². The highest BCUT2D eigenvalue weighted by Crippen LogP contribution is 2.20. The van der Waals surface area contributed by atoms with Crippen LogP contribution in [0.1, 0.15) is 9.67 Å². The average Bonchev–Trinajstić information content (AvgIpc) is 2.58. The molecule has 8 heteroatoms. The molecule has 0 aromatic carbocycles. The Morgan fingerprint density at radius 2 is 2.25 bits per heavy atom. The van der Waals surface area contributed by atoms with Gasteiger partial charge in [0, 0.05) is 0 Å². The highest BCUT2D eigenvalue weighted by Gasteiger charge is 2.38. The molecule has 16 heavy (non-hydrogen) atoms. The predicted molar refractivity (Wildman–Crippen MR) is 53.1 cm³/mol. The first-order valence-corrected chi connectivity index (χ1v) is 5.06. The minimum Gasteiger partial charge on any atom is -0.397 e. The first kappa shape index (κ1) is 12.8. The first-order valence-electron chi connectivity index (χ1n) is 4.18. The van der Waals surface area contributed by atoms with Gasteiger partial charge in [-0.1, -0.05) is 0 Å². The molecule has 1 rings (SSSR count). The van der Waals surface area contributed by atoms with Gasteiger partial charge in [0.25, 0.3) is 5.91 Å². The molecule has 4 N–H and O–H groups in total. The summed E-state index contributed by atoms with van der Waals surface area (Å²) in [6.07, 6.45) is -7.31. The normalized spacial score (nSPS) is 13.5. The SMILES string of the molecule is Nc1ccsc1C(=O)NCC(O)C(F)(F)F. The average molecular weight is 254 g/mol. The maximum atomic E-state index is 11.9. The second-order valence-electron chi connectivity index (χ2n) is 2.97. The summed E-state index contributed by atoms with van der Waals surface area (Å²) in [7, 11) is 0. The number of aliphatic hydroxyl groups is 1. The van der Waals surface area contributed by atoms with Crippen LogP contribution in [0.15, 0.2) is 11.4 Å². The molecule has 0 aliphatic heterocycles. The Morgan fingerprint density at radius 3 is 2.69 bits per heavy atom. The number of alkyl halides is 3. The minimum atomic E-state index is -4.74. The molecule has 0 radical (unpaired) electrons. The van der Waals surface area contributed by atoms with Gasteiger partial charge in [0.15, 0.2) is 6.10 Å². The third-order valence-electron chi connectivity index (χ3n) is 1.74. The second-order valence-corrected chi connectivity index (χ2v) is 3.89. The van der Waals surface area contributed by atoms with Crippen LogP contribution in [0.5, 0.6) is 0 Å². The van der Waals surface area contributed by atoms with Crippen LogP contribution in [0.3, 0.4) is 0 Å². The van der Waals surface area contributed by atoms with E-state index < -0.39 is 24.7 Å². The molecular weight excluding hydrogens is 245 g/mol. The number of hydrogen-bond donors (Lipinski definition) is 3. The molecule has 90 valence electrons. The van der Waals surface area contributed by atoms with Crippen molar-refractivity contribution in [1.82, 2.24) is 5.32 Å². The lowest BCUT2D eigenvalue weighted by Gasteiger charge is -2.14. The fourth-order valence-electron chi connectivity index (χ4n) is 0.889. The topological polar surface area (TPSA) is 75.4 Å². The van der Waals surface area contributed by atoms with Gasteiger partial charge in [-0.3, -0.25) is 4.79 Å². The van der Waals surface area contributed by atoms with Gasteiger partial charge in [0.05, 0.1) is 12.2 Å². The largest absolute Gasteiger partial charge is 0.416 e. The number of rotatable bonds is 3. The molecule has 1 aromatic heterocycles. The van der Waals surface area contributed by atoms with Crippen molar-refractivity contribution in [2.24, 2.45) is 0 Å². The monoisotopic (exact) mass is 254 g/mol. The van der Waals surface area contributed by atoms with Crippen LogP contribution >= 0.6 is 11.3 Å². The lowest BCUT2D eigenvalue weighted by molar-refractivity contribution is -0.201. The highest BCUT2D eigenvalue weighted by molar-refractivity contribution is 7.12. The van der Waals surface area contributed by atoms with Crippen molar-refractivity contribution in [3.05, 3.63) is 16.3 Å². The second kappa shape index (κ2) is 4.71. The molecule has 0 spiro atoms. The molecule has 1 atom stereocenters. The Morgan fingerprint density at radius 1 is 1.62 bits per heavy atom. The van der Waals surface area contributed by atoms with Crippen molar-refractivity contribution in [2.75, 3.05) is 12.3 Å². The van der Waals surface area contributed by atoms with E-state index in [4.69, 9.17) is 10.8 Å². The van der Waals surface area contributed by atoms with E-state index in [2.05, 4.69) is 0 Å². The van der Waals surface area contributed by atoms with Crippen LogP contribution in [0.25, 0.3) is 0 Å². The number of amides is 1. The first-order chi connectivity index (χ1) is 7.32. The summed E-state index contributed by atoms with van der Waals surface area (Å²) in [5.74, 6) is -0.726. The van der Waals surface area contributed by atoms with Gasteiger partial charge in [0.2, 0.25) is 0 Å². The Hall–Kier alpha value is -1.28. The zero-order chi connectivity index (χ0) is 12.3. The van der Waals surface area contributed by atoms with Gasteiger partial charge in [-0.25, -0.2) is 0 Å². The molecular formula is C8H9F3N2O2S. The van der Waals surface area contributed by atoms with Crippen LogP contribution in [0.4, 0.5) is 18.9 Å². The third-order valence-corrected chi connectivity index (χ3v) is 2.66. The Bertz CT molecular complexity index is 378. The summed E-state index contributed by atoms with van der Waals surface area (Å²) >= 11 is 1.02. The number of nitrogens with two attached hydrogens (primary N) is 1. The molecule has 1 unspecified atom stereocenters. The van der Waals surface area contributed by atoms with Crippen molar-refractivity contribution in [1.29, 1.82) is 0 Å². The number of anilines is 1. The van der Waals surface area contributed by atoms with E-state index >= 15 is 0 Å². The van der Waals surface area contributed by atoms with E-state index in [9.17, 15) is 18.0 Å². The van der Waals surface area contributed by atoms with E-state index in [0.29, 0.717) is 0 Å². The van der Waals surface area contributed by atoms with E-state index in [1.165, 1.54) is 6.07 Å². The van der Waals surface area contributed by atoms with Gasteiger partial charge in [-0.2, -0.15) is 13.2 Å². The van der Waals surface area contributed by atoms with Gasteiger partial charge >= 0.3 is 6.18 Å². The van der Waals surface area contributed by atoms with Crippen LogP contribution in [0, 0.1) is 0 Å². The van der Waals surface area contributed by atoms with E-state index in [0.717, 1.165) is 11.3 Å². The molecule has 0 bridgehead atoms. The quantitative estimate of drug-likeness (QED) is 0.752. The number of halogens is 3. The van der Waals surface area contributed by atoms with E-state index in [1.807, 2.05) is 5.32 Å². The maximum absolute atomic E-state index is 11.9. The van der Waals surface area contributed by atoms with Crippen LogP contribution in [0.2, 0.25) is 0 Å². The summed E-state index contributed by atoms with van der Waals surface area (Å²) in [5.41, 5.74) is 5.60. The minimum absolute atomic E-state index is 0.134.